The van der Waals surface area contributed by atoms with Crippen molar-refractivity contribution in [1.82, 2.24) is 9.97 Å². The third-order valence-electron chi connectivity index (χ3n) is 4.74. The largest absolute Gasteiger partial charge is 0.491 e. The van der Waals surface area contributed by atoms with Crippen LogP contribution < -0.4 is 24.2 Å². The summed E-state index contributed by atoms with van der Waals surface area (Å²) in [5.41, 5.74) is 0.855. The molecule has 0 spiro atoms. The fraction of sp³-hybridized carbons (Fsp3) is 0.261. The number of nitrogens with zero attached hydrogens (tertiary/aromatic N) is 2. The molecule has 3 rings (SSSR count). The average molecular weight is 487 g/mol. The molecule has 0 fully saturated rings. The van der Waals surface area contributed by atoms with Gasteiger partial charge in [0, 0.05) is 17.3 Å². The molecule has 180 valence electrons. The van der Waals surface area contributed by atoms with Crippen LogP contribution in [0.3, 0.4) is 0 Å². The Morgan fingerprint density at radius 3 is 2.41 bits per heavy atom. The number of hydrogen-bond donors (Lipinski definition) is 2. The minimum atomic E-state index is -3.96. The lowest BCUT2D eigenvalue weighted by molar-refractivity contribution is 0.102. The number of carbonyl (C=O) groups is 1. The number of methoxy groups -OCH3 is 2. The van der Waals surface area contributed by atoms with Gasteiger partial charge in [-0.2, -0.15) is 9.97 Å². The number of ether oxygens (including phenoxy) is 3. The summed E-state index contributed by atoms with van der Waals surface area (Å²) in [4.78, 5) is 20.5. The molecule has 2 N–H and O–H groups in total. The molecule has 0 bridgehead atoms. The van der Waals surface area contributed by atoms with Crippen molar-refractivity contribution in [2.45, 2.75) is 31.3 Å². The Morgan fingerprint density at radius 1 is 1.03 bits per heavy atom. The topological polar surface area (TPSA) is 129 Å². The normalized spacial score (nSPS) is 11.9. The first kappa shape index (κ1) is 24.8. The zero-order valence-electron chi connectivity index (χ0n) is 19.2. The predicted octanol–water partition coefficient (Wildman–Crippen LogP) is 3.72. The minimum absolute atomic E-state index is 0.0134. The van der Waals surface area contributed by atoms with E-state index in [-0.39, 0.29) is 34.6 Å². The SMILES string of the molecule is CCC(C)Oc1cccc(C(=O)Nc2ccc(S(=O)(=O)Nc3cc(OC)nc(OC)n3)cc2)c1. The van der Waals surface area contributed by atoms with E-state index in [1.54, 1.807) is 24.3 Å². The van der Waals surface area contributed by atoms with Gasteiger partial charge in [0.25, 0.3) is 15.9 Å². The van der Waals surface area contributed by atoms with Crippen LogP contribution >= 0.6 is 0 Å². The van der Waals surface area contributed by atoms with Crippen LogP contribution in [0.15, 0.2) is 59.5 Å². The van der Waals surface area contributed by atoms with Gasteiger partial charge in [-0.25, -0.2) is 8.42 Å². The van der Waals surface area contributed by atoms with E-state index in [1.807, 2.05) is 13.8 Å². The van der Waals surface area contributed by atoms with Crippen LogP contribution in [-0.2, 0) is 10.0 Å². The summed E-state index contributed by atoms with van der Waals surface area (Å²) < 4.78 is 43.6. The van der Waals surface area contributed by atoms with Gasteiger partial charge >= 0.3 is 6.01 Å². The second-order valence-electron chi connectivity index (χ2n) is 7.23. The molecule has 3 aromatic rings. The van der Waals surface area contributed by atoms with Crippen LogP contribution in [0.25, 0.3) is 0 Å². The van der Waals surface area contributed by atoms with Gasteiger partial charge in [0.2, 0.25) is 5.88 Å². The number of benzene rings is 2. The number of nitrogens with one attached hydrogen (secondary N) is 2. The first-order chi connectivity index (χ1) is 16.2. The molecule has 1 unspecified atom stereocenters. The number of hydrogen-bond acceptors (Lipinski definition) is 8. The lowest BCUT2D eigenvalue weighted by atomic mass is 10.2. The van der Waals surface area contributed by atoms with Crippen molar-refractivity contribution in [3.05, 3.63) is 60.2 Å². The second kappa shape index (κ2) is 10.8. The molecule has 2 aromatic carbocycles. The van der Waals surface area contributed by atoms with Crippen molar-refractivity contribution < 1.29 is 27.4 Å². The van der Waals surface area contributed by atoms with Crippen molar-refractivity contribution in [3.8, 4) is 17.6 Å². The third-order valence-corrected chi connectivity index (χ3v) is 6.11. The van der Waals surface area contributed by atoms with E-state index in [9.17, 15) is 13.2 Å². The Balaban J connectivity index is 1.71. The number of aromatic nitrogens is 2. The van der Waals surface area contributed by atoms with E-state index in [2.05, 4.69) is 20.0 Å². The van der Waals surface area contributed by atoms with Gasteiger partial charge in [-0.05, 0) is 55.8 Å². The fourth-order valence-electron chi connectivity index (χ4n) is 2.80. The highest BCUT2D eigenvalue weighted by Gasteiger charge is 2.17. The van der Waals surface area contributed by atoms with Gasteiger partial charge in [0.15, 0.2) is 5.82 Å². The molecule has 0 saturated carbocycles. The summed E-state index contributed by atoms with van der Waals surface area (Å²) in [5.74, 6) is 0.387. The lowest BCUT2D eigenvalue weighted by Crippen LogP contribution is -2.15. The Hall–Kier alpha value is -3.86. The van der Waals surface area contributed by atoms with Crippen LogP contribution in [0.1, 0.15) is 30.6 Å². The van der Waals surface area contributed by atoms with Crippen molar-refractivity contribution >= 4 is 27.4 Å². The second-order valence-corrected chi connectivity index (χ2v) is 8.91. The maximum Gasteiger partial charge on any atom is 0.321 e. The van der Waals surface area contributed by atoms with Gasteiger partial charge < -0.3 is 19.5 Å². The molecule has 11 heteroatoms. The molecule has 0 saturated heterocycles. The van der Waals surface area contributed by atoms with Gasteiger partial charge in [-0.3, -0.25) is 9.52 Å². The zero-order chi connectivity index (χ0) is 24.7. The molecule has 0 radical (unpaired) electrons. The molecule has 1 amide bonds. The Morgan fingerprint density at radius 2 is 1.76 bits per heavy atom. The van der Waals surface area contributed by atoms with Crippen LogP contribution in [0, 0.1) is 0 Å². The highest BCUT2D eigenvalue weighted by molar-refractivity contribution is 7.92. The van der Waals surface area contributed by atoms with Gasteiger partial charge in [0.1, 0.15) is 5.75 Å². The molecule has 1 atom stereocenters. The van der Waals surface area contributed by atoms with Crippen LogP contribution in [0.4, 0.5) is 11.5 Å². The van der Waals surface area contributed by atoms with Crippen molar-refractivity contribution in [2.24, 2.45) is 0 Å². The Kier molecular flexibility index (Phi) is 7.90. The quantitative estimate of drug-likeness (QED) is 0.444. The minimum Gasteiger partial charge on any atom is -0.491 e. The lowest BCUT2D eigenvalue weighted by Gasteiger charge is -2.13. The molecule has 0 aliphatic heterocycles. The number of carbonyl (C=O) groups excluding carboxylic acids is 1. The molecule has 0 aliphatic carbocycles. The van der Waals surface area contributed by atoms with Crippen molar-refractivity contribution in [2.75, 3.05) is 24.3 Å². The van der Waals surface area contributed by atoms with Crippen LogP contribution in [0.5, 0.6) is 17.6 Å². The Bertz CT molecular complexity index is 1230. The monoisotopic (exact) mass is 486 g/mol. The molecule has 1 aromatic heterocycles. The highest BCUT2D eigenvalue weighted by Crippen LogP contribution is 2.22. The number of rotatable bonds is 10. The van der Waals surface area contributed by atoms with Gasteiger partial charge in [-0.15, -0.1) is 0 Å². The summed E-state index contributed by atoms with van der Waals surface area (Å²) in [6.45, 7) is 3.97. The zero-order valence-corrected chi connectivity index (χ0v) is 20.0. The predicted molar refractivity (Wildman–Crippen MR) is 127 cm³/mol. The maximum atomic E-state index is 12.8. The number of amides is 1. The first-order valence-electron chi connectivity index (χ1n) is 10.4. The van der Waals surface area contributed by atoms with E-state index >= 15 is 0 Å². The van der Waals surface area contributed by atoms with Crippen LogP contribution in [0.2, 0.25) is 0 Å². The van der Waals surface area contributed by atoms with Gasteiger partial charge in [-0.1, -0.05) is 13.0 Å². The average Bonchev–Trinajstić information content (AvgIpc) is 2.83. The molecule has 34 heavy (non-hydrogen) atoms. The number of anilines is 2. The van der Waals surface area contributed by atoms with E-state index in [0.717, 1.165) is 6.42 Å². The Labute approximate surface area is 198 Å². The van der Waals surface area contributed by atoms with Crippen molar-refractivity contribution in [3.63, 3.8) is 0 Å². The summed E-state index contributed by atoms with van der Waals surface area (Å²) >= 11 is 0. The smallest absolute Gasteiger partial charge is 0.321 e. The van der Waals surface area contributed by atoms with E-state index in [4.69, 9.17) is 14.2 Å². The summed E-state index contributed by atoms with van der Waals surface area (Å²) in [7, 11) is -1.21. The van der Waals surface area contributed by atoms with Crippen molar-refractivity contribution in [1.29, 1.82) is 0 Å². The van der Waals surface area contributed by atoms with E-state index in [0.29, 0.717) is 17.0 Å². The molecule has 1 heterocycles. The summed E-state index contributed by atoms with van der Waals surface area (Å²) in [5, 5.41) is 2.75. The summed E-state index contributed by atoms with van der Waals surface area (Å²) in [6.07, 6.45) is 0.879. The summed E-state index contributed by atoms with van der Waals surface area (Å²) in [6, 6.07) is 13.9. The molecular formula is C23H26N4O6S. The standard InChI is InChI=1S/C23H26N4O6S/c1-5-15(2)33-18-8-6-7-16(13-18)22(28)24-17-9-11-19(12-10-17)34(29,30)27-20-14-21(31-3)26-23(25-20)32-4/h6-15H,5H2,1-4H3,(H,24,28)(H,25,26,27). The van der Waals surface area contributed by atoms with E-state index in [1.165, 1.54) is 44.6 Å². The molecular weight excluding hydrogens is 460 g/mol. The fourth-order valence-corrected chi connectivity index (χ4v) is 3.79. The maximum absolute atomic E-state index is 12.8. The van der Waals surface area contributed by atoms with Crippen LogP contribution in [-0.4, -0.2) is 44.6 Å². The number of sulfonamides is 1. The van der Waals surface area contributed by atoms with Gasteiger partial charge in [0.05, 0.1) is 25.2 Å². The third kappa shape index (κ3) is 6.35. The molecule has 0 aliphatic rings. The molecule has 10 nitrogen and oxygen atoms in total. The first-order valence-corrected chi connectivity index (χ1v) is 11.9. The van der Waals surface area contributed by atoms with E-state index < -0.39 is 10.0 Å². The highest BCUT2D eigenvalue weighted by atomic mass is 32.2.